The van der Waals surface area contributed by atoms with Gasteiger partial charge in [0, 0.05) is 44.8 Å². The summed E-state index contributed by atoms with van der Waals surface area (Å²) in [4.78, 5) is 19.3. The highest BCUT2D eigenvalue weighted by atomic mass is 19.4. The van der Waals surface area contributed by atoms with Crippen molar-refractivity contribution in [3.63, 3.8) is 0 Å². The SMILES string of the molecule is COc1ccc(CN2CCN(CC(=O)N3CC=C(c4cccc(C(F)(F)F)c4)n4ncc(C#N)c43)CC2)cc1. The number of ether oxygens (including phenoxy) is 1. The van der Waals surface area contributed by atoms with Crippen LogP contribution >= 0.6 is 0 Å². The van der Waals surface area contributed by atoms with E-state index in [1.165, 1.54) is 27.4 Å². The number of nitriles is 1. The van der Waals surface area contributed by atoms with Crippen LogP contribution in [0.25, 0.3) is 5.70 Å². The van der Waals surface area contributed by atoms with E-state index in [1.54, 1.807) is 19.3 Å². The maximum absolute atomic E-state index is 13.4. The van der Waals surface area contributed by atoms with Crippen LogP contribution in [0.2, 0.25) is 0 Å². The fourth-order valence-electron chi connectivity index (χ4n) is 4.89. The van der Waals surface area contributed by atoms with Gasteiger partial charge in [-0.2, -0.15) is 23.5 Å². The van der Waals surface area contributed by atoms with E-state index in [0.717, 1.165) is 37.5 Å². The van der Waals surface area contributed by atoms with Gasteiger partial charge in [-0.05, 0) is 35.9 Å². The molecule has 1 aromatic heterocycles. The number of hydrogen-bond acceptors (Lipinski definition) is 6. The molecule has 39 heavy (non-hydrogen) atoms. The second kappa shape index (κ2) is 10.9. The molecule has 1 saturated heterocycles. The first-order valence-corrected chi connectivity index (χ1v) is 12.5. The monoisotopic (exact) mass is 536 g/mol. The molecule has 0 N–H and O–H groups in total. The first-order valence-electron chi connectivity index (χ1n) is 12.5. The van der Waals surface area contributed by atoms with Crippen LogP contribution in [-0.4, -0.2) is 71.9 Å². The van der Waals surface area contributed by atoms with Gasteiger partial charge in [0.05, 0.1) is 31.1 Å². The summed E-state index contributed by atoms with van der Waals surface area (Å²) in [6, 6.07) is 15.0. The molecule has 2 aliphatic rings. The molecule has 2 aliphatic heterocycles. The van der Waals surface area contributed by atoms with Crippen LogP contribution in [0.3, 0.4) is 0 Å². The van der Waals surface area contributed by atoms with Gasteiger partial charge in [-0.3, -0.25) is 19.5 Å². The minimum atomic E-state index is -4.49. The first kappa shape index (κ1) is 26.5. The van der Waals surface area contributed by atoms with Crippen molar-refractivity contribution in [3.8, 4) is 11.8 Å². The molecule has 202 valence electrons. The van der Waals surface area contributed by atoms with Crippen molar-refractivity contribution in [1.82, 2.24) is 19.6 Å². The Bertz CT molecular complexity index is 1420. The van der Waals surface area contributed by atoms with Crippen LogP contribution in [0.15, 0.2) is 60.8 Å². The van der Waals surface area contributed by atoms with Crippen molar-refractivity contribution < 1.29 is 22.7 Å². The molecule has 0 unspecified atom stereocenters. The molecule has 8 nitrogen and oxygen atoms in total. The van der Waals surface area contributed by atoms with Crippen molar-refractivity contribution in [2.24, 2.45) is 0 Å². The zero-order valence-corrected chi connectivity index (χ0v) is 21.4. The lowest BCUT2D eigenvalue weighted by Gasteiger charge is -2.36. The molecule has 0 aliphatic carbocycles. The Morgan fingerprint density at radius 3 is 2.46 bits per heavy atom. The number of nitrogens with zero attached hydrogens (tertiary/aromatic N) is 6. The Labute approximate surface area is 224 Å². The van der Waals surface area contributed by atoms with Gasteiger partial charge < -0.3 is 4.74 Å². The van der Waals surface area contributed by atoms with Crippen LogP contribution in [-0.2, 0) is 17.5 Å². The summed E-state index contributed by atoms with van der Waals surface area (Å²) in [5.41, 5.74) is 1.30. The standard InChI is InChI=1S/C28H27F3N6O2/c1-39-24-7-5-20(6-8-24)18-34-11-13-35(14-12-34)19-26(38)36-10-9-25(37-27(36)22(16-32)17-33-37)21-3-2-4-23(15-21)28(29,30)31/h2-9,15,17H,10-14,18-19H2,1H3. The average Bonchev–Trinajstić information content (AvgIpc) is 3.38. The molecule has 0 saturated carbocycles. The highest BCUT2D eigenvalue weighted by Crippen LogP contribution is 2.34. The normalized spacial score (nSPS) is 16.4. The van der Waals surface area contributed by atoms with E-state index in [9.17, 15) is 23.2 Å². The van der Waals surface area contributed by atoms with E-state index in [1.807, 2.05) is 24.3 Å². The van der Waals surface area contributed by atoms with E-state index in [0.29, 0.717) is 24.4 Å². The molecule has 2 aromatic carbocycles. The second-order valence-electron chi connectivity index (χ2n) is 9.48. The van der Waals surface area contributed by atoms with E-state index in [-0.39, 0.29) is 30.4 Å². The highest BCUT2D eigenvalue weighted by molar-refractivity contribution is 5.97. The number of alkyl halides is 3. The van der Waals surface area contributed by atoms with Crippen LogP contribution in [0.4, 0.5) is 19.0 Å². The third-order valence-electron chi connectivity index (χ3n) is 6.99. The number of methoxy groups -OCH3 is 1. The summed E-state index contributed by atoms with van der Waals surface area (Å²) in [6.45, 7) is 4.14. The fraction of sp³-hybridized carbons (Fsp3) is 0.321. The second-order valence-corrected chi connectivity index (χ2v) is 9.48. The molecule has 1 amide bonds. The van der Waals surface area contributed by atoms with Gasteiger partial charge >= 0.3 is 6.18 Å². The maximum Gasteiger partial charge on any atom is 0.416 e. The van der Waals surface area contributed by atoms with Crippen molar-refractivity contribution in [2.75, 3.05) is 51.3 Å². The minimum Gasteiger partial charge on any atom is -0.497 e. The molecule has 0 atom stereocenters. The molecular weight excluding hydrogens is 509 g/mol. The minimum absolute atomic E-state index is 0.127. The molecule has 5 rings (SSSR count). The number of carbonyl (C=O) groups excluding carboxylic acids is 1. The highest BCUT2D eigenvalue weighted by Gasteiger charge is 2.33. The predicted octanol–water partition coefficient (Wildman–Crippen LogP) is 3.84. The molecule has 3 aromatic rings. The van der Waals surface area contributed by atoms with Crippen molar-refractivity contribution in [3.05, 3.63) is 83.1 Å². The molecule has 1 fully saturated rings. The Morgan fingerprint density at radius 1 is 1.08 bits per heavy atom. The smallest absolute Gasteiger partial charge is 0.416 e. The lowest BCUT2D eigenvalue weighted by molar-refractivity contribution is -0.137. The average molecular weight is 537 g/mol. The lowest BCUT2D eigenvalue weighted by atomic mass is 10.1. The third kappa shape index (κ3) is 5.67. The van der Waals surface area contributed by atoms with E-state index >= 15 is 0 Å². The maximum atomic E-state index is 13.4. The Kier molecular flexibility index (Phi) is 7.41. The number of amides is 1. The molecule has 11 heteroatoms. The first-order chi connectivity index (χ1) is 18.8. The van der Waals surface area contributed by atoms with Crippen molar-refractivity contribution >= 4 is 17.4 Å². The number of halogens is 3. The van der Waals surface area contributed by atoms with E-state index in [2.05, 4.69) is 21.0 Å². The topological polar surface area (TPSA) is 77.6 Å². The van der Waals surface area contributed by atoms with E-state index in [4.69, 9.17) is 4.74 Å². The van der Waals surface area contributed by atoms with E-state index < -0.39 is 11.7 Å². The Balaban J connectivity index is 1.26. The number of fused-ring (bicyclic) bond motifs is 1. The molecule has 0 bridgehead atoms. The number of piperazine rings is 1. The lowest BCUT2D eigenvalue weighted by Crippen LogP contribution is -2.50. The summed E-state index contributed by atoms with van der Waals surface area (Å²) in [5.74, 6) is 0.893. The number of hydrogen-bond donors (Lipinski definition) is 0. The van der Waals surface area contributed by atoms with Gasteiger partial charge in [0.1, 0.15) is 17.4 Å². The summed E-state index contributed by atoms with van der Waals surface area (Å²) >= 11 is 0. The van der Waals surface area contributed by atoms with Gasteiger partial charge in [-0.15, -0.1) is 0 Å². The van der Waals surface area contributed by atoms with Crippen LogP contribution in [0.5, 0.6) is 5.75 Å². The number of rotatable bonds is 6. The van der Waals surface area contributed by atoms with Crippen LogP contribution in [0, 0.1) is 11.3 Å². The van der Waals surface area contributed by atoms with Crippen molar-refractivity contribution in [1.29, 1.82) is 5.26 Å². The summed E-state index contributed by atoms with van der Waals surface area (Å²) < 4.78 is 46.5. The quantitative estimate of drug-likeness (QED) is 0.477. The summed E-state index contributed by atoms with van der Waals surface area (Å²) in [7, 11) is 1.64. The zero-order chi connectivity index (χ0) is 27.6. The number of aromatic nitrogens is 2. The van der Waals surface area contributed by atoms with Crippen molar-refractivity contribution in [2.45, 2.75) is 12.7 Å². The Hall–Kier alpha value is -4.14. The van der Waals surface area contributed by atoms with Crippen LogP contribution in [0.1, 0.15) is 22.3 Å². The third-order valence-corrected chi connectivity index (χ3v) is 6.99. The number of carbonyl (C=O) groups is 1. The Morgan fingerprint density at radius 2 is 1.79 bits per heavy atom. The predicted molar refractivity (Wildman–Crippen MR) is 139 cm³/mol. The molecule has 0 radical (unpaired) electrons. The summed E-state index contributed by atoms with van der Waals surface area (Å²) in [5, 5.41) is 13.9. The molecule has 0 spiro atoms. The van der Waals surface area contributed by atoms with Gasteiger partial charge in [0.25, 0.3) is 0 Å². The molecular formula is C28H27F3N6O2. The number of benzene rings is 2. The fourth-order valence-corrected chi connectivity index (χ4v) is 4.89. The number of anilines is 1. The summed E-state index contributed by atoms with van der Waals surface area (Å²) in [6.07, 6.45) is -1.49. The van der Waals surface area contributed by atoms with Gasteiger partial charge in [-0.1, -0.05) is 24.3 Å². The van der Waals surface area contributed by atoms with Gasteiger partial charge in [0.2, 0.25) is 5.91 Å². The largest absolute Gasteiger partial charge is 0.497 e. The zero-order valence-electron chi connectivity index (χ0n) is 21.4. The van der Waals surface area contributed by atoms with Gasteiger partial charge in [0.15, 0.2) is 5.82 Å². The molecule has 3 heterocycles. The van der Waals surface area contributed by atoms with Gasteiger partial charge in [-0.25, -0.2) is 4.68 Å². The van der Waals surface area contributed by atoms with Crippen LogP contribution < -0.4 is 9.64 Å².